The molecule has 14 heavy (non-hydrogen) atoms. The maximum Gasteiger partial charge on any atom is 0.285 e. The van der Waals surface area contributed by atoms with Crippen molar-refractivity contribution >= 4 is 0 Å². The molecule has 0 aliphatic rings. The van der Waals surface area contributed by atoms with Gasteiger partial charge in [-0.05, 0) is 12.8 Å². The molecule has 3 nitrogen and oxygen atoms in total. The van der Waals surface area contributed by atoms with Crippen LogP contribution in [0.5, 0.6) is 0 Å². The summed E-state index contributed by atoms with van der Waals surface area (Å²) in [5.74, 6) is -0.563. The van der Waals surface area contributed by atoms with Crippen molar-refractivity contribution in [1.82, 2.24) is 0 Å². The van der Waals surface area contributed by atoms with E-state index in [2.05, 4.69) is 13.8 Å². The maximum absolute atomic E-state index is 5.34. The summed E-state index contributed by atoms with van der Waals surface area (Å²) >= 11 is 0. The van der Waals surface area contributed by atoms with Gasteiger partial charge in [-0.25, -0.2) is 0 Å². The molecule has 1 atom stereocenters. The SMILES string of the molecule is CCCCC(CC)C(OC)(OC)OC. The lowest BCUT2D eigenvalue weighted by Crippen LogP contribution is -2.43. The van der Waals surface area contributed by atoms with E-state index >= 15 is 0 Å². The van der Waals surface area contributed by atoms with E-state index in [1.54, 1.807) is 21.3 Å². The summed E-state index contributed by atoms with van der Waals surface area (Å²) in [6, 6.07) is 0. The Bertz CT molecular complexity index is 124. The predicted molar refractivity (Wildman–Crippen MR) is 57.1 cm³/mol. The van der Waals surface area contributed by atoms with Crippen LogP contribution >= 0.6 is 0 Å². The van der Waals surface area contributed by atoms with E-state index in [1.165, 1.54) is 12.8 Å². The van der Waals surface area contributed by atoms with Crippen molar-refractivity contribution in [2.75, 3.05) is 21.3 Å². The monoisotopic (exact) mass is 204 g/mol. The second-order valence-electron chi connectivity index (χ2n) is 3.46. The van der Waals surface area contributed by atoms with Crippen LogP contribution in [-0.4, -0.2) is 27.3 Å². The highest BCUT2D eigenvalue weighted by molar-refractivity contribution is 4.69. The molecule has 0 bridgehead atoms. The van der Waals surface area contributed by atoms with Gasteiger partial charge in [0.25, 0.3) is 5.97 Å². The lowest BCUT2D eigenvalue weighted by molar-refractivity contribution is -0.379. The van der Waals surface area contributed by atoms with Gasteiger partial charge in [-0.15, -0.1) is 0 Å². The average molecular weight is 204 g/mol. The molecule has 86 valence electrons. The Balaban J connectivity index is 4.40. The maximum atomic E-state index is 5.34. The van der Waals surface area contributed by atoms with Gasteiger partial charge in [-0.3, -0.25) is 0 Å². The largest absolute Gasteiger partial charge is 0.331 e. The highest BCUT2D eigenvalue weighted by Gasteiger charge is 2.38. The van der Waals surface area contributed by atoms with Crippen LogP contribution in [-0.2, 0) is 14.2 Å². The van der Waals surface area contributed by atoms with Gasteiger partial charge in [0.15, 0.2) is 0 Å². The van der Waals surface area contributed by atoms with Crippen molar-refractivity contribution in [3.05, 3.63) is 0 Å². The van der Waals surface area contributed by atoms with E-state index in [4.69, 9.17) is 14.2 Å². The first-order valence-electron chi connectivity index (χ1n) is 5.36. The summed E-state index contributed by atoms with van der Waals surface area (Å²) in [5.41, 5.74) is 0. The standard InChI is InChI=1S/C11H24O3/c1-6-8-9-10(7-2)11(12-3,13-4)14-5/h10H,6-9H2,1-5H3. The molecule has 0 rings (SSSR count). The van der Waals surface area contributed by atoms with Crippen LogP contribution in [0.15, 0.2) is 0 Å². The molecule has 0 aromatic carbocycles. The van der Waals surface area contributed by atoms with Crippen LogP contribution in [0.3, 0.4) is 0 Å². The highest BCUT2D eigenvalue weighted by Crippen LogP contribution is 2.30. The second kappa shape index (κ2) is 7.21. The Morgan fingerprint density at radius 1 is 1.00 bits per heavy atom. The molecule has 0 amide bonds. The first kappa shape index (κ1) is 13.9. The van der Waals surface area contributed by atoms with Crippen LogP contribution in [0.25, 0.3) is 0 Å². The number of methoxy groups -OCH3 is 3. The van der Waals surface area contributed by atoms with Gasteiger partial charge in [0.05, 0.1) is 0 Å². The van der Waals surface area contributed by atoms with Gasteiger partial charge in [0.2, 0.25) is 0 Å². The lowest BCUT2D eigenvalue weighted by Gasteiger charge is -2.35. The molecule has 0 saturated carbocycles. The number of rotatable bonds is 8. The van der Waals surface area contributed by atoms with Crippen molar-refractivity contribution < 1.29 is 14.2 Å². The second-order valence-corrected chi connectivity index (χ2v) is 3.46. The van der Waals surface area contributed by atoms with E-state index in [0.29, 0.717) is 5.92 Å². The average Bonchev–Trinajstić information content (AvgIpc) is 2.25. The van der Waals surface area contributed by atoms with Gasteiger partial charge >= 0.3 is 0 Å². The van der Waals surface area contributed by atoms with Crippen LogP contribution in [0, 0.1) is 5.92 Å². The van der Waals surface area contributed by atoms with Gasteiger partial charge < -0.3 is 14.2 Å². The molecular weight excluding hydrogens is 180 g/mol. The van der Waals surface area contributed by atoms with Crippen molar-refractivity contribution in [2.24, 2.45) is 5.92 Å². The molecule has 0 heterocycles. The number of ether oxygens (including phenoxy) is 3. The third-order valence-corrected chi connectivity index (χ3v) is 2.75. The van der Waals surface area contributed by atoms with Crippen molar-refractivity contribution in [3.63, 3.8) is 0 Å². The molecule has 0 aliphatic carbocycles. The van der Waals surface area contributed by atoms with E-state index in [0.717, 1.165) is 12.8 Å². The van der Waals surface area contributed by atoms with Crippen LogP contribution < -0.4 is 0 Å². The van der Waals surface area contributed by atoms with E-state index < -0.39 is 5.97 Å². The molecule has 0 fully saturated rings. The van der Waals surface area contributed by atoms with E-state index in [-0.39, 0.29) is 0 Å². The minimum atomic E-state index is -0.857. The third kappa shape index (κ3) is 3.23. The quantitative estimate of drug-likeness (QED) is 0.569. The normalized spacial score (nSPS) is 14.4. The molecule has 0 saturated heterocycles. The molecule has 0 aliphatic heterocycles. The molecular formula is C11H24O3. The fourth-order valence-electron chi connectivity index (χ4n) is 1.83. The minimum Gasteiger partial charge on any atom is -0.331 e. The summed E-state index contributed by atoms with van der Waals surface area (Å²) in [6.45, 7) is 4.31. The highest BCUT2D eigenvalue weighted by atomic mass is 16.9. The lowest BCUT2D eigenvalue weighted by atomic mass is 9.96. The zero-order valence-electron chi connectivity index (χ0n) is 10.1. The molecule has 1 unspecified atom stereocenters. The Morgan fingerprint density at radius 2 is 1.50 bits per heavy atom. The predicted octanol–water partition coefficient (Wildman–Crippen LogP) is 2.80. The van der Waals surface area contributed by atoms with Crippen LogP contribution in [0.4, 0.5) is 0 Å². The topological polar surface area (TPSA) is 27.7 Å². The molecule has 0 aromatic heterocycles. The Labute approximate surface area is 87.7 Å². The van der Waals surface area contributed by atoms with Gasteiger partial charge in [-0.1, -0.05) is 26.7 Å². The van der Waals surface area contributed by atoms with Crippen LogP contribution in [0.1, 0.15) is 39.5 Å². The van der Waals surface area contributed by atoms with Gasteiger partial charge in [0.1, 0.15) is 0 Å². The van der Waals surface area contributed by atoms with Gasteiger partial charge in [-0.2, -0.15) is 0 Å². The van der Waals surface area contributed by atoms with Crippen molar-refractivity contribution in [1.29, 1.82) is 0 Å². The minimum absolute atomic E-state index is 0.294. The molecule has 0 aromatic rings. The summed E-state index contributed by atoms with van der Waals surface area (Å²) in [4.78, 5) is 0. The van der Waals surface area contributed by atoms with E-state index in [1.807, 2.05) is 0 Å². The zero-order chi connectivity index (χ0) is 11.0. The summed E-state index contributed by atoms with van der Waals surface area (Å²) in [6.07, 6.45) is 4.43. The first-order valence-corrected chi connectivity index (χ1v) is 5.36. The summed E-state index contributed by atoms with van der Waals surface area (Å²) < 4.78 is 16.0. The third-order valence-electron chi connectivity index (χ3n) is 2.75. The van der Waals surface area contributed by atoms with Gasteiger partial charge in [0, 0.05) is 27.2 Å². The van der Waals surface area contributed by atoms with Crippen molar-refractivity contribution in [3.8, 4) is 0 Å². The fraction of sp³-hybridized carbons (Fsp3) is 1.00. The Hall–Kier alpha value is -0.120. The van der Waals surface area contributed by atoms with Crippen LogP contribution in [0.2, 0.25) is 0 Å². The first-order chi connectivity index (χ1) is 6.70. The number of hydrogen-bond acceptors (Lipinski definition) is 3. The Morgan fingerprint density at radius 3 is 1.79 bits per heavy atom. The smallest absolute Gasteiger partial charge is 0.285 e. The summed E-state index contributed by atoms with van der Waals surface area (Å²) in [7, 11) is 4.88. The summed E-state index contributed by atoms with van der Waals surface area (Å²) in [5, 5.41) is 0. The Kier molecular flexibility index (Phi) is 7.15. The van der Waals surface area contributed by atoms with E-state index in [9.17, 15) is 0 Å². The molecule has 0 radical (unpaired) electrons. The molecule has 0 N–H and O–H groups in total. The fourth-order valence-corrected chi connectivity index (χ4v) is 1.83. The molecule has 3 heteroatoms. The molecule has 0 spiro atoms. The zero-order valence-corrected chi connectivity index (χ0v) is 10.1. The number of unbranched alkanes of at least 4 members (excludes halogenated alkanes) is 1. The van der Waals surface area contributed by atoms with Crippen molar-refractivity contribution in [2.45, 2.75) is 45.5 Å². The number of hydrogen-bond donors (Lipinski definition) is 0.